The number of rotatable bonds is 7. The number of aliphatic imine (C=N–C) groups is 1. The van der Waals surface area contributed by atoms with Crippen LogP contribution in [0.2, 0.25) is 0 Å². The van der Waals surface area contributed by atoms with Crippen LogP contribution in [0.1, 0.15) is 106 Å². The lowest BCUT2D eigenvalue weighted by molar-refractivity contribution is -0.115. The van der Waals surface area contributed by atoms with Gasteiger partial charge in [-0.15, -0.1) is 11.3 Å². The van der Waals surface area contributed by atoms with Crippen molar-refractivity contribution >= 4 is 40.1 Å². The van der Waals surface area contributed by atoms with E-state index < -0.39 is 0 Å². The predicted octanol–water partition coefficient (Wildman–Crippen LogP) is 7.99. The number of unbranched alkanes of at least 4 members (excludes halogenated alkanes) is 1. The molecule has 3 rings (SSSR count). The SMILES string of the molecule is C=C(O)C(=NC)Nc1sc2c(c1C=O)CC(C)(C)OCC2.CCC.CCC(=O)Nc1cc(CN)ccc1C.CCCC. The van der Waals surface area contributed by atoms with E-state index in [4.69, 9.17) is 10.5 Å². The van der Waals surface area contributed by atoms with E-state index in [1.807, 2.05) is 45.9 Å². The molecule has 0 aliphatic carbocycles. The van der Waals surface area contributed by atoms with Crippen LogP contribution in [0.3, 0.4) is 0 Å². The van der Waals surface area contributed by atoms with Crippen LogP contribution >= 0.6 is 11.3 Å². The lowest BCUT2D eigenvalue weighted by atomic mass is 9.96. The maximum atomic E-state index is 11.5. The van der Waals surface area contributed by atoms with Crippen molar-refractivity contribution in [3.05, 3.63) is 57.7 Å². The molecule has 1 aliphatic heterocycles. The fraction of sp³-hybridized carbons (Fsp3) is 0.545. The number of amides is 1. The molecule has 0 bridgehead atoms. The molecule has 1 aromatic carbocycles. The molecule has 0 saturated carbocycles. The Morgan fingerprint density at radius 3 is 2.29 bits per heavy atom. The number of aliphatic hydroxyl groups is 1. The number of nitrogens with zero attached hydrogens (tertiary/aromatic N) is 1. The fourth-order valence-electron chi connectivity index (χ4n) is 3.57. The minimum atomic E-state index is -0.288. The Labute approximate surface area is 257 Å². The topological polar surface area (TPSA) is 126 Å². The summed E-state index contributed by atoms with van der Waals surface area (Å²) in [5, 5.41) is 16.0. The number of aldehydes is 1. The highest BCUT2D eigenvalue weighted by atomic mass is 32.1. The van der Waals surface area contributed by atoms with Gasteiger partial charge in [-0.05, 0) is 43.5 Å². The van der Waals surface area contributed by atoms with Crippen LogP contribution in [0.25, 0.3) is 0 Å². The van der Waals surface area contributed by atoms with Crippen molar-refractivity contribution in [2.45, 2.75) is 106 Å². The number of carbonyl (C=O) groups excluding carboxylic acids is 2. The van der Waals surface area contributed by atoms with Crippen molar-refractivity contribution in [3.8, 4) is 0 Å². The van der Waals surface area contributed by atoms with Crippen molar-refractivity contribution in [1.29, 1.82) is 0 Å². The zero-order valence-corrected chi connectivity index (χ0v) is 28.1. The lowest BCUT2D eigenvalue weighted by Crippen LogP contribution is -2.26. The smallest absolute Gasteiger partial charge is 0.224 e. The number of ether oxygens (including phenoxy) is 1. The van der Waals surface area contributed by atoms with Gasteiger partial charge in [-0.3, -0.25) is 14.6 Å². The Morgan fingerprint density at radius 2 is 1.81 bits per heavy atom. The Kier molecular flexibility index (Phi) is 19.3. The maximum Gasteiger partial charge on any atom is 0.224 e. The molecule has 0 radical (unpaired) electrons. The van der Waals surface area contributed by atoms with Gasteiger partial charge in [-0.1, -0.05) is 72.6 Å². The average molecular weight is 603 g/mol. The molecule has 2 heterocycles. The number of amidine groups is 1. The van der Waals surface area contributed by atoms with E-state index in [-0.39, 0.29) is 23.1 Å². The summed E-state index contributed by atoms with van der Waals surface area (Å²) in [6.07, 6.45) is 6.71. The van der Waals surface area contributed by atoms with E-state index in [9.17, 15) is 14.7 Å². The minimum absolute atomic E-state index is 0.0299. The quantitative estimate of drug-likeness (QED) is 0.110. The van der Waals surface area contributed by atoms with E-state index in [1.54, 1.807) is 7.05 Å². The second-order valence-corrected chi connectivity index (χ2v) is 11.6. The first-order chi connectivity index (χ1) is 19.9. The van der Waals surface area contributed by atoms with Crippen LogP contribution in [0.15, 0.2) is 35.5 Å². The summed E-state index contributed by atoms with van der Waals surface area (Å²) < 4.78 is 5.80. The molecule has 0 fully saturated rings. The van der Waals surface area contributed by atoms with E-state index >= 15 is 0 Å². The highest BCUT2D eigenvalue weighted by molar-refractivity contribution is 7.17. The highest BCUT2D eigenvalue weighted by Crippen LogP contribution is 2.37. The van der Waals surface area contributed by atoms with E-state index in [2.05, 4.69) is 49.9 Å². The minimum Gasteiger partial charge on any atom is -0.505 e. The van der Waals surface area contributed by atoms with Crippen LogP contribution in [0.4, 0.5) is 10.7 Å². The molecule has 42 heavy (non-hydrogen) atoms. The third-order valence-electron chi connectivity index (χ3n) is 6.04. The van der Waals surface area contributed by atoms with Gasteiger partial charge in [0.05, 0.1) is 17.8 Å². The number of aliphatic hydroxyl groups excluding tert-OH is 1. The Hall–Kier alpha value is -3.01. The van der Waals surface area contributed by atoms with Gasteiger partial charge in [0.15, 0.2) is 17.9 Å². The summed E-state index contributed by atoms with van der Waals surface area (Å²) >= 11 is 1.51. The fourth-order valence-corrected chi connectivity index (χ4v) is 4.74. The molecule has 2 aromatic rings. The molecule has 1 aromatic heterocycles. The van der Waals surface area contributed by atoms with Crippen molar-refractivity contribution in [1.82, 2.24) is 0 Å². The number of fused-ring (bicyclic) bond motifs is 1. The third-order valence-corrected chi connectivity index (χ3v) is 7.26. The van der Waals surface area contributed by atoms with Crippen molar-refractivity contribution in [3.63, 3.8) is 0 Å². The summed E-state index contributed by atoms with van der Waals surface area (Å²) in [4.78, 5) is 27.8. The number of nitrogens with one attached hydrogen (secondary N) is 2. The Balaban J connectivity index is 0.000000688. The molecular formula is C33H54N4O4S. The van der Waals surface area contributed by atoms with Crippen molar-refractivity contribution in [2.24, 2.45) is 10.7 Å². The van der Waals surface area contributed by atoms with Gasteiger partial charge in [-0.25, -0.2) is 0 Å². The first kappa shape index (κ1) is 39.0. The molecule has 0 atom stereocenters. The molecule has 1 amide bonds. The van der Waals surface area contributed by atoms with Crippen LogP contribution in [-0.2, 0) is 28.9 Å². The summed E-state index contributed by atoms with van der Waals surface area (Å²) in [7, 11) is 1.56. The summed E-state index contributed by atoms with van der Waals surface area (Å²) in [5.41, 5.74) is 9.83. The molecule has 0 spiro atoms. The third kappa shape index (κ3) is 13.8. The molecule has 9 heteroatoms. The van der Waals surface area contributed by atoms with Crippen molar-refractivity contribution in [2.75, 3.05) is 24.3 Å². The van der Waals surface area contributed by atoms with Crippen molar-refractivity contribution < 1.29 is 19.4 Å². The van der Waals surface area contributed by atoms with Crippen LogP contribution in [0.5, 0.6) is 0 Å². The normalized spacial score (nSPS) is 13.3. The number of hydrogen-bond acceptors (Lipinski definition) is 7. The zero-order chi connectivity index (χ0) is 32.3. The lowest BCUT2D eigenvalue weighted by Gasteiger charge is -2.23. The predicted molar refractivity (Wildman–Crippen MR) is 180 cm³/mol. The standard InChI is InChI=1S/C15H20N2O3S.C11H16N2O.C4H10.C3H8/c1-9(19)13(16-4)17-14-11(8-18)10-7-15(2,3)20-6-5-12(10)21-14;1-3-11(14)13-10-6-9(7-12)5-4-8(10)2;1-3-4-2;1-3-2/h8,19H,1,5-7H2,2-4H3,(H,16,17);4-6H,3,7,12H2,1-2H3,(H,13,14);3-4H2,1-2H3;3H2,1-2H3. The van der Waals surface area contributed by atoms with Crippen LogP contribution in [-0.4, -0.2) is 42.4 Å². The summed E-state index contributed by atoms with van der Waals surface area (Å²) in [5.74, 6) is 0.147. The summed E-state index contributed by atoms with van der Waals surface area (Å²) in [6, 6.07) is 5.85. The second kappa shape index (κ2) is 20.8. The van der Waals surface area contributed by atoms with Gasteiger partial charge in [-0.2, -0.15) is 0 Å². The molecule has 236 valence electrons. The van der Waals surface area contributed by atoms with Gasteiger partial charge in [0.1, 0.15) is 5.00 Å². The Bertz CT molecular complexity index is 1150. The van der Waals surface area contributed by atoms with E-state index in [0.29, 0.717) is 36.6 Å². The second-order valence-electron chi connectivity index (χ2n) is 10.5. The largest absolute Gasteiger partial charge is 0.505 e. The number of nitrogens with two attached hydrogens (primary N) is 1. The van der Waals surface area contributed by atoms with E-state index in [1.165, 1.54) is 30.6 Å². The molecule has 0 saturated heterocycles. The summed E-state index contributed by atoms with van der Waals surface area (Å²) in [6.45, 7) is 21.0. The highest BCUT2D eigenvalue weighted by Gasteiger charge is 2.29. The molecule has 0 unspecified atom stereocenters. The molecule has 8 nitrogen and oxygen atoms in total. The molecular weight excluding hydrogens is 548 g/mol. The van der Waals surface area contributed by atoms with Gasteiger partial charge < -0.3 is 26.2 Å². The molecule has 5 N–H and O–H groups in total. The number of benzene rings is 1. The van der Waals surface area contributed by atoms with Crippen LogP contribution < -0.4 is 16.4 Å². The monoisotopic (exact) mass is 602 g/mol. The number of hydrogen-bond donors (Lipinski definition) is 4. The van der Waals surface area contributed by atoms with Crippen LogP contribution in [0, 0.1) is 6.92 Å². The number of thiophene rings is 1. The number of anilines is 2. The molecule has 1 aliphatic rings. The van der Waals surface area contributed by atoms with Gasteiger partial charge in [0.2, 0.25) is 5.91 Å². The van der Waals surface area contributed by atoms with Gasteiger partial charge in [0.25, 0.3) is 0 Å². The first-order valence-electron chi connectivity index (χ1n) is 14.8. The maximum absolute atomic E-state index is 11.5. The zero-order valence-electron chi connectivity index (χ0n) is 27.3. The Morgan fingerprint density at radius 1 is 1.19 bits per heavy atom. The number of aryl methyl sites for hydroxylation is 1. The average Bonchev–Trinajstić information content (AvgIpc) is 3.19. The first-order valence-corrected chi connectivity index (χ1v) is 15.6. The van der Waals surface area contributed by atoms with E-state index in [0.717, 1.165) is 40.0 Å². The van der Waals surface area contributed by atoms with Gasteiger partial charge in [0, 0.05) is 43.4 Å². The number of carbonyl (C=O) groups is 2. The van der Waals surface area contributed by atoms with Gasteiger partial charge >= 0.3 is 0 Å².